The third-order valence-electron chi connectivity index (χ3n) is 5.07. The van der Waals surface area contributed by atoms with E-state index in [0.717, 1.165) is 18.7 Å². The second-order valence-electron chi connectivity index (χ2n) is 6.99. The van der Waals surface area contributed by atoms with E-state index in [-0.39, 0.29) is 12.5 Å². The van der Waals surface area contributed by atoms with Crippen LogP contribution in [-0.4, -0.2) is 64.7 Å². The standard InChI is InChI=1S/C20H20N4O4S/c25-20(17-12-26-15-3-1-2-4-16(15)27-17)24-8-6-23(7-9-24)11-18-21-19(22-28-18)14-5-10-29-13-14/h1-5,10,13,17H,6-9,11-12H2/t17-/m0/s1. The van der Waals surface area contributed by atoms with Crippen molar-refractivity contribution in [3.05, 3.63) is 47.0 Å². The van der Waals surface area contributed by atoms with E-state index in [1.807, 2.05) is 46.0 Å². The molecule has 0 unspecified atom stereocenters. The summed E-state index contributed by atoms with van der Waals surface area (Å²) in [6.07, 6.45) is -0.597. The first-order chi connectivity index (χ1) is 14.3. The number of rotatable bonds is 4. The lowest BCUT2D eigenvalue weighted by Crippen LogP contribution is -2.53. The van der Waals surface area contributed by atoms with Crippen molar-refractivity contribution in [2.75, 3.05) is 32.8 Å². The van der Waals surface area contributed by atoms with Crippen LogP contribution in [-0.2, 0) is 11.3 Å². The predicted molar refractivity (Wildman–Crippen MR) is 106 cm³/mol. The minimum Gasteiger partial charge on any atom is -0.485 e. The first-order valence-electron chi connectivity index (χ1n) is 9.51. The van der Waals surface area contributed by atoms with Crippen LogP contribution in [0.2, 0.25) is 0 Å². The molecule has 8 nitrogen and oxygen atoms in total. The summed E-state index contributed by atoms with van der Waals surface area (Å²) in [5, 5.41) is 8.03. The van der Waals surface area contributed by atoms with Gasteiger partial charge in [-0.25, -0.2) is 0 Å². The van der Waals surface area contributed by atoms with Crippen molar-refractivity contribution in [2.45, 2.75) is 12.6 Å². The predicted octanol–water partition coefficient (Wildman–Crippen LogP) is 2.28. The highest BCUT2D eigenvalue weighted by Gasteiger charge is 2.32. The number of fused-ring (bicyclic) bond motifs is 1. The van der Waals surface area contributed by atoms with Gasteiger partial charge in [0.05, 0.1) is 6.54 Å². The van der Waals surface area contributed by atoms with Crippen LogP contribution in [0.1, 0.15) is 5.89 Å². The van der Waals surface area contributed by atoms with E-state index in [4.69, 9.17) is 14.0 Å². The Balaban J connectivity index is 1.14. The number of para-hydroxylation sites is 2. The fourth-order valence-electron chi connectivity index (χ4n) is 3.49. The Kier molecular flexibility index (Phi) is 4.91. The molecule has 3 aromatic rings. The number of carbonyl (C=O) groups excluding carboxylic acids is 1. The third-order valence-corrected chi connectivity index (χ3v) is 5.76. The fraction of sp³-hybridized carbons (Fsp3) is 0.350. The van der Waals surface area contributed by atoms with Crippen LogP contribution in [0, 0.1) is 0 Å². The van der Waals surface area contributed by atoms with E-state index < -0.39 is 6.10 Å². The molecule has 1 aromatic carbocycles. The minimum absolute atomic E-state index is 0.0308. The van der Waals surface area contributed by atoms with Gasteiger partial charge in [0, 0.05) is 37.1 Å². The average Bonchev–Trinajstić information content (AvgIpc) is 3.45. The van der Waals surface area contributed by atoms with E-state index in [1.165, 1.54) is 0 Å². The summed E-state index contributed by atoms with van der Waals surface area (Å²) in [5.41, 5.74) is 0.969. The van der Waals surface area contributed by atoms with Crippen molar-refractivity contribution in [3.63, 3.8) is 0 Å². The number of piperazine rings is 1. The lowest BCUT2D eigenvalue weighted by Gasteiger charge is -2.36. The Morgan fingerprint density at radius 2 is 1.97 bits per heavy atom. The number of amides is 1. The number of ether oxygens (including phenoxy) is 2. The van der Waals surface area contributed by atoms with E-state index in [2.05, 4.69) is 15.0 Å². The van der Waals surface area contributed by atoms with Gasteiger partial charge in [-0.15, -0.1) is 0 Å². The molecule has 9 heteroatoms. The van der Waals surface area contributed by atoms with Crippen molar-refractivity contribution >= 4 is 17.2 Å². The molecule has 0 spiro atoms. The second-order valence-corrected chi connectivity index (χ2v) is 7.77. The van der Waals surface area contributed by atoms with E-state index in [0.29, 0.717) is 42.8 Å². The highest BCUT2D eigenvalue weighted by Crippen LogP contribution is 2.31. The summed E-state index contributed by atoms with van der Waals surface area (Å²) in [5.74, 6) is 2.48. The maximum Gasteiger partial charge on any atom is 0.267 e. The Hall–Kier alpha value is -2.91. The molecule has 4 heterocycles. The van der Waals surface area contributed by atoms with Gasteiger partial charge in [0.25, 0.3) is 5.91 Å². The molecule has 2 aromatic heterocycles. The normalized spacial score (nSPS) is 19.3. The van der Waals surface area contributed by atoms with Gasteiger partial charge in [-0.05, 0) is 23.6 Å². The monoisotopic (exact) mass is 412 g/mol. The Morgan fingerprint density at radius 1 is 1.14 bits per heavy atom. The van der Waals surface area contributed by atoms with Crippen molar-refractivity contribution in [3.8, 4) is 22.9 Å². The Labute approximate surface area is 171 Å². The maximum atomic E-state index is 12.8. The number of thiophene rings is 1. The number of aromatic nitrogens is 2. The molecule has 2 aliphatic heterocycles. The van der Waals surface area contributed by atoms with E-state index >= 15 is 0 Å². The summed E-state index contributed by atoms with van der Waals surface area (Å²) < 4.78 is 16.9. The summed E-state index contributed by atoms with van der Waals surface area (Å²) in [6, 6.07) is 9.39. The van der Waals surface area contributed by atoms with Crippen molar-refractivity contribution in [1.82, 2.24) is 19.9 Å². The van der Waals surface area contributed by atoms with Gasteiger partial charge >= 0.3 is 0 Å². The third kappa shape index (κ3) is 3.83. The Morgan fingerprint density at radius 3 is 2.76 bits per heavy atom. The largest absolute Gasteiger partial charge is 0.485 e. The number of hydrogen-bond acceptors (Lipinski definition) is 8. The molecule has 29 heavy (non-hydrogen) atoms. The van der Waals surface area contributed by atoms with Gasteiger partial charge < -0.3 is 18.9 Å². The van der Waals surface area contributed by atoms with Gasteiger partial charge in [-0.1, -0.05) is 17.3 Å². The van der Waals surface area contributed by atoms with Crippen molar-refractivity contribution < 1.29 is 18.8 Å². The molecule has 1 fully saturated rings. The van der Waals surface area contributed by atoms with Crippen molar-refractivity contribution in [2.24, 2.45) is 0 Å². The lowest BCUT2D eigenvalue weighted by atomic mass is 10.2. The molecule has 0 radical (unpaired) electrons. The van der Waals surface area contributed by atoms with Crippen LogP contribution >= 0.6 is 11.3 Å². The zero-order valence-electron chi connectivity index (χ0n) is 15.7. The highest BCUT2D eigenvalue weighted by atomic mass is 32.1. The lowest BCUT2D eigenvalue weighted by molar-refractivity contribution is -0.143. The molecule has 0 saturated carbocycles. The Bertz CT molecular complexity index is 982. The average molecular weight is 412 g/mol. The summed E-state index contributed by atoms with van der Waals surface area (Å²) in [6.45, 7) is 3.56. The molecule has 0 N–H and O–H groups in total. The van der Waals surface area contributed by atoms with Gasteiger partial charge in [-0.2, -0.15) is 16.3 Å². The van der Waals surface area contributed by atoms with Gasteiger partial charge in [0.2, 0.25) is 17.8 Å². The second kappa shape index (κ2) is 7.84. The zero-order chi connectivity index (χ0) is 19.6. The summed E-state index contributed by atoms with van der Waals surface area (Å²) >= 11 is 1.60. The van der Waals surface area contributed by atoms with Crippen LogP contribution in [0.15, 0.2) is 45.6 Å². The van der Waals surface area contributed by atoms with Crippen LogP contribution in [0.3, 0.4) is 0 Å². The smallest absolute Gasteiger partial charge is 0.267 e. The zero-order valence-corrected chi connectivity index (χ0v) is 16.5. The quantitative estimate of drug-likeness (QED) is 0.650. The van der Waals surface area contributed by atoms with E-state index in [1.54, 1.807) is 11.3 Å². The van der Waals surface area contributed by atoms with Crippen LogP contribution < -0.4 is 9.47 Å². The summed E-state index contributed by atoms with van der Waals surface area (Å²) in [7, 11) is 0. The molecular weight excluding hydrogens is 392 g/mol. The number of nitrogens with zero attached hydrogens (tertiary/aromatic N) is 4. The van der Waals surface area contributed by atoms with Crippen LogP contribution in [0.5, 0.6) is 11.5 Å². The molecule has 0 aliphatic carbocycles. The molecule has 150 valence electrons. The van der Waals surface area contributed by atoms with Gasteiger partial charge in [0.15, 0.2) is 11.5 Å². The highest BCUT2D eigenvalue weighted by molar-refractivity contribution is 7.08. The number of benzene rings is 1. The molecule has 1 saturated heterocycles. The van der Waals surface area contributed by atoms with Crippen LogP contribution in [0.4, 0.5) is 0 Å². The first kappa shape index (κ1) is 18.1. The van der Waals surface area contributed by atoms with Gasteiger partial charge in [-0.3, -0.25) is 9.69 Å². The fourth-order valence-corrected chi connectivity index (χ4v) is 4.12. The first-order valence-corrected chi connectivity index (χ1v) is 10.5. The number of carbonyl (C=O) groups is 1. The SMILES string of the molecule is O=C([C@@H]1COc2ccccc2O1)N1CCN(Cc2nc(-c3ccsc3)no2)CC1. The molecule has 1 amide bonds. The van der Waals surface area contributed by atoms with E-state index in [9.17, 15) is 4.79 Å². The molecule has 0 bridgehead atoms. The molecular formula is C20H20N4O4S. The molecule has 2 aliphatic rings. The van der Waals surface area contributed by atoms with Crippen LogP contribution in [0.25, 0.3) is 11.4 Å². The number of hydrogen-bond donors (Lipinski definition) is 0. The van der Waals surface area contributed by atoms with Gasteiger partial charge in [0.1, 0.15) is 6.61 Å². The van der Waals surface area contributed by atoms with Crippen molar-refractivity contribution in [1.29, 1.82) is 0 Å². The topological polar surface area (TPSA) is 80.9 Å². The molecule has 5 rings (SSSR count). The molecule has 1 atom stereocenters. The maximum absolute atomic E-state index is 12.8. The minimum atomic E-state index is -0.597. The summed E-state index contributed by atoms with van der Waals surface area (Å²) in [4.78, 5) is 21.3.